The van der Waals surface area contributed by atoms with Crippen LogP contribution in [0.25, 0.3) is 0 Å². The van der Waals surface area contributed by atoms with Gasteiger partial charge in [0.05, 0.1) is 4.55 Å². The molecule has 0 aromatic carbocycles. The molecule has 1 rings (SSSR count). The van der Waals surface area contributed by atoms with Gasteiger partial charge in [-0.25, -0.2) is 0 Å². The molecule has 1 heterocycles. The van der Waals surface area contributed by atoms with E-state index in [2.05, 4.69) is 27.5 Å². The van der Waals surface area contributed by atoms with Crippen LogP contribution in [0.1, 0.15) is 6.42 Å². The first-order valence-corrected chi connectivity index (χ1v) is 5.10. The molecule has 5 heteroatoms. The molecule has 11 heavy (non-hydrogen) atoms. The lowest BCUT2D eigenvalue weighted by molar-refractivity contribution is 0.346. The van der Waals surface area contributed by atoms with E-state index < -0.39 is 7.12 Å². The summed E-state index contributed by atoms with van der Waals surface area (Å²) in [6, 6.07) is 0. The van der Waals surface area contributed by atoms with Crippen molar-refractivity contribution >= 4 is 29.7 Å². The molecule has 0 unspecified atom stereocenters. The number of halogens is 1. The fourth-order valence-corrected chi connectivity index (χ4v) is 1.69. The maximum atomic E-state index is 8.80. The van der Waals surface area contributed by atoms with Crippen LogP contribution in [0.3, 0.4) is 0 Å². The van der Waals surface area contributed by atoms with Crippen molar-refractivity contribution in [3.8, 4) is 0 Å². The van der Waals surface area contributed by atoms with E-state index in [1.807, 2.05) is 6.08 Å². The van der Waals surface area contributed by atoms with Crippen molar-refractivity contribution in [3.05, 3.63) is 11.5 Å². The summed E-state index contributed by atoms with van der Waals surface area (Å²) in [5.74, 6) is 0. The predicted molar refractivity (Wildman–Crippen MR) is 53.4 cm³/mol. The molecule has 0 fully saturated rings. The molecule has 3 nitrogen and oxygen atoms in total. The second-order valence-electron chi connectivity index (χ2n) is 2.60. The molecule has 62 valence electrons. The Morgan fingerprint density at radius 3 is 2.73 bits per heavy atom. The van der Waals surface area contributed by atoms with Crippen molar-refractivity contribution in [2.24, 2.45) is 0 Å². The quantitative estimate of drug-likeness (QED) is 0.321. The Labute approximate surface area is 80.4 Å². The maximum absolute atomic E-state index is 8.80. The molecule has 2 N–H and O–H groups in total. The summed E-state index contributed by atoms with van der Waals surface area (Å²) in [5, 5.41) is 17.6. The largest absolute Gasteiger partial charge is 0.483 e. The molecule has 0 saturated heterocycles. The summed E-state index contributed by atoms with van der Waals surface area (Å²) in [6.07, 6.45) is 2.67. The lowest BCUT2D eigenvalue weighted by Crippen LogP contribution is -2.31. The molecule has 0 aliphatic carbocycles. The van der Waals surface area contributed by atoms with E-state index in [0.29, 0.717) is 0 Å². The molecule has 0 radical (unpaired) electrons. The highest BCUT2D eigenvalue weighted by Gasteiger charge is 2.18. The van der Waals surface area contributed by atoms with Crippen molar-refractivity contribution in [2.75, 3.05) is 17.6 Å². The molecule has 1 aliphatic rings. The Balaban J connectivity index is 2.44. The maximum Gasteiger partial charge on any atom is 0.483 e. The topological polar surface area (TPSA) is 43.7 Å². The van der Waals surface area contributed by atoms with Crippen LogP contribution in [0, 0.1) is 0 Å². The van der Waals surface area contributed by atoms with Gasteiger partial charge in [-0.1, -0.05) is 28.7 Å². The third kappa shape index (κ3) is 2.74. The number of hydrogen-bond donors (Lipinski definition) is 2. The Morgan fingerprint density at radius 1 is 1.64 bits per heavy atom. The van der Waals surface area contributed by atoms with Crippen LogP contribution in [0.2, 0.25) is 0 Å². The van der Waals surface area contributed by atoms with E-state index in [-0.39, 0.29) is 0 Å². The third-order valence-electron chi connectivity index (χ3n) is 1.83. The van der Waals surface area contributed by atoms with E-state index in [1.54, 1.807) is 0 Å². The molecule has 1 aliphatic heterocycles. The summed E-state index contributed by atoms with van der Waals surface area (Å²) in [5.41, 5.74) is 0.756. The van der Waals surface area contributed by atoms with Crippen LogP contribution in [0.15, 0.2) is 11.5 Å². The molecular weight excluding hydrogens is 256 g/mol. The summed E-state index contributed by atoms with van der Waals surface area (Å²) < 4.78 is 1.00. The van der Waals surface area contributed by atoms with Crippen LogP contribution in [-0.4, -0.2) is 39.7 Å². The average Bonchev–Trinajstić information content (AvgIpc) is 2.05. The SMILES string of the molecule is OB(O)C1=CCN(CI)CC1. The first-order valence-electron chi connectivity index (χ1n) is 3.57. The van der Waals surface area contributed by atoms with E-state index in [9.17, 15) is 0 Å². The van der Waals surface area contributed by atoms with Gasteiger partial charge in [0.2, 0.25) is 0 Å². The summed E-state index contributed by atoms with van der Waals surface area (Å²) in [4.78, 5) is 2.24. The van der Waals surface area contributed by atoms with Gasteiger partial charge in [-0.15, -0.1) is 0 Å². The van der Waals surface area contributed by atoms with E-state index in [4.69, 9.17) is 10.0 Å². The Morgan fingerprint density at radius 2 is 2.36 bits per heavy atom. The monoisotopic (exact) mass is 267 g/mol. The van der Waals surface area contributed by atoms with Crippen molar-refractivity contribution in [3.63, 3.8) is 0 Å². The highest BCUT2D eigenvalue weighted by Crippen LogP contribution is 2.11. The van der Waals surface area contributed by atoms with Gasteiger partial charge < -0.3 is 10.0 Å². The summed E-state index contributed by atoms with van der Waals surface area (Å²) in [7, 11) is -1.24. The second kappa shape index (κ2) is 4.44. The number of hydrogen-bond acceptors (Lipinski definition) is 3. The zero-order valence-electron chi connectivity index (χ0n) is 6.20. The van der Waals surface area contributed by atoms with Gasteiger partial charge in [-0.3, -0.25) is 4.90 Å². The minimum Gasteiger partial charge on any atom is -0.423 e. The van der Waals surface area contributed by atoms with E-state index in [1.165, 1.54) is 0 Å². The molecule has 0 aromatic heterocycles. The van der Waals surface area contributed by atoms with Gasteiger partial charge in [-0.05, 0) is 11.9 Å². The standard InChI is InChI=1S/C6H11BINO2/c8-5-9-3-1-6(2-4-9)7(10)11/h1,10-11H,2-5H2. The zero-order chi connectivity index (χ0) is 8.27. The number of rotatable bonds is 2. The smallest absolute Gasteiger partial charge is 0.423 e. The highest BCUT2D eigenvalue weighted by molar-refractivity contribution is 14.1. The Bertz CT molecular complexity index is 163. The van der Waals surface area contributed by atoms with Gasteiger partial charge in [0.15, 0.2) is 0 Å². The minimum atomic E-state index is -1.24. The molecule has 0 atom stereocenters. The lowest BCUT2D eigenvalue weighted by atomic mass is 9.76. The van der Waals surface area contributed by atoms with Gasteiger partial charge in [0.1, 0.15) is 0 Å². The first-order chi connectivity index (χ1) is 5.24. The molecule has 0 aromatic rings. The van der Waals surface area contributed by atoms with Crippen LogP contribution >= 0.6 is 22.6 Å². The fourth-order valence-electron chi connectivity index (χ4n) is 1.07. The van der Waals surface area contributed by atoms with Crippen LogP contribution in [-0.2, 0) is 0 Å². The summed E-state index contributed by atoms with van der Waals surface area (Å²) in [6.45, 7) is 1.78. The Hall–Kier alpha value is 0.415. The molecule has 0 bridgehead atoms. The van der Waals surface area contributed by atoms with Crippen LogP contribution in [0.4, 0.5) is 0 Å². The Kier molecular flexibility index (Phi) is 3.84. The van der Waals surface area contributed by atoms with Gasteiger partial charge in [0, 0.05) is 13.1 Å². The average molecular weight is 267 g/mol. The molecule has 0 amide bonds. The normalized spacial score (nSPS) is 19.7. The van der Waals surface area contributed by atoms with Crippen molar-refractivity contribution in [1.29, 1.82) is 0 Å². The van der Waals surface area contributed by atoms with Crippen LogP contribution < -0.4 is 0 Å². The zero-order valence-corrected chi connectivity index (χ0v) is 8.36. The van der Waals surface area contributed by atoms with Crippen molar-refractivity contribution < 1.29 is 10.0 Å². The van der Waals surface area contributed by atoms with Gasteiger partial charge in [0.25, 0.3) is 0 Å². The molecule has 0 saturated carbocycles. The number of nitrogens with zero attached hydrogens (tertiary/aromatic N) is 1. The van der Waals surface area contributed by atoms with Gasteiger partial charge in [-0.2, -0.15) is 0 Å². The van der Waals surface area contributed by atoms with E-state index >= 15 is 0 Å². The predicted octanol–water partition coefficient (Wildman–Crippen LogP) is 0.0230. The molecule has 0 spiro atoms. The summed E-state index contributed by atoms with van der Waals surface area (Å²) >= 11 is 2.30. The second-order valence-corrected chi connectivity index (χ2v) is 3.28. The van der Waals surface area contributed by atoms with Crippen molar-refractivity contribution in [2.45, 2.75) is 6.42 Å². The first kappa shape index (κ1) is 9.50. The molecular formula is C6H11BINO2. The van der Waals surface area contributed by atoms with Crippen molar-refractivity contribution in [1.82, 2.24) is 4.90 Å². The van der Waals surface area contributed by atoms with Gasteiger partial charge >= 0.3 is 7.12 Å². The number of alkyl halides is 1. The lowest BCUT2D eigenvalue weighted by Gasteiger charge is -2.23. The van der Waals surface area contributed by atoms with Crippen LogP contribution in [0.5, 0.6) is 0 Å². The third-order valence-corrected chi connectivity index (χ3v) is 2.79. The van der Waals surface area contributed by atoms with E-state index in [0.717, 1.165) is 29.5 Å². The minimum absolute atomic E-state index is 0.756. The fraction of sp³-hybridized carbons (Fsp3) is 0.667. The highest BCUT2D eigenvalue weighted by atomic mass is 127.